The fraction of sp³-hybridized carbons (Fsp3) is 0.579. The number of likely N-dealkylation sites (tertiary alicyclic amines) is 1. The fourth-order valence-electron chi connectivity index (χ4n) is 3.86. The zero-order valence-corrected chi connectivity index (χ0v) is 14.7. The van der Waals surface area contributed by atoms with Crippen LogP contribution in [0.1, 0.15) is 37.8 Å². The van der Waals surface area contributed by atoms with Gasteiger partial charge in [-0.25, -0.2) is 0 Å². The molecule has 2 fully saturated rings. The number of rotatable bonds is 4. The summed E-state index contributed by atoms with van der Waals surface area (Å²) in [6, 6.07) is 4.78. The third-order valence-electron chi connectivity index (χ3n) is 5.64. The second kappa shape index (κ2) is 6.28. The largest absolute Gasteiger partial charge is 0.481 e. The molecule has 0 bridgehead atoms. The highest BCUT2D eigenvalue weighted by Gasteiger charge is 2.49. The Labute approximate surface area is 150 Å². The van der Waals surface area contributed by atoms with Crippen molar-refractivity contribution in [1.82, 2.24) is 4.90 Å². The molecule has 2 atom stereocenters. The zero-order chi connectivity index (χ0) is 19.3. The molecule has 1 saturated carbocycles. The molecule has 1 aromatic carbocycles. The van der Waals surface area contributed by atoms with E-state index >= 15 is 0 Å². The van der Waals surface area contributed by atoms with Gasteiger partial charge in [-0.15, -0.1) is 0 Å². The van der Waals surface area contributed by atoms with Crippen LogP contribution in [-0.2, 0) is 21.2 Å². The molecule has 1 heterocycles. The third kappa shape index (κ3) is 3.44. The predicted octanol–water partition coefficient (Wildman–Crippen LogP) is 3.55. The van der Waals surface area contributed by atoms with E-state index in [4.69, 9.17) is 0 Å². The summed E-state index contributed by atoms with van der Waals surface area (Å²) >= 11 is 0. The van der Waals surface area contributed by atoms with E-state index in [0.29, 0.717) is 12.5 Å². The summed E-state index contributed by atoms with van der Waals surface area (Å²) in [5.41, 5.74) is -1.68. The van der Waals surface area contributed by atoms with E-state index in [1.54, 1.807) is 13.8 Å². The molecule has 26 heavy (non-hydrogen) atoms. The lowest BCUT2D eigenvalue weighted by Crippen LogP contribution is -2.43. The first-order valence-corrected chi connectivity index (χ1v) is 8.71. The second-order valence-electron chi connectivity index (χ2n) is 7.86. The molecule has 2 aliphatic rings. The molecular formula is C19H22F3NO3. The Balaban J connectivity index is 1.83. The van der Waals surface area contributed by atoms with Crippen LogP contribution >= 0.6 is 0 Å². The molecule has 4 nitrogen and oxygen atoms in total. The van der Waals surface area contributed by atoms with E-state index in [9.17, 15) is 27.9 Å². The number of aliphatic carboxylic acids is 1. The van der Waals surface area contributed by atoms with Crippen LogP contribution in [0, 0.1) is 17.8 Å². The minimum Gasteiger partial charge on any atom is -0.481 e. The van der Waals surface area contributed by atoms with Gasteiger partial charge in [-0.3, -0.25) is 9.59 Å². The smallest absolute Gasteiger partial charge is 0.416 e. The minimum absolute atomic E-state index is 0.0613. The number of hydrogen-bond donors (Lipinski definition) is 1. The maximum atomic E-state index is 13.0. The Morgan fingerprint density at radius 3 is 2.27 bits per heavy atom. The van der Waals surface area contributed by atoms with Crippen molar-refractivity contribution in [3.8, 4) is 0 Å². The van der Waals surface area contributed by atoms with Crippen LogP contribution in [0.5, 0.6) is 0 Å². The third-order valence-corrected chi connectivity index (χ3v) is 5.64. The number of amides is 1. The van der Waals surface area contributed by atoms with Gasteiger partial charge in [-0.2, -0.15) is 13.2 Å². The summed E-state index contributed by atoms with van der Waals surface area (Å²) in [6.45, 7) is 3.66. The highest BCUT2D eigenvalue weighted by molar-refractivity contribution is 5.88. The number of carboxylic acid groups (broad SMARTS) is 1. The minimum atomic E-state index is -4.48. The monoisotopic (exact) mass is 369 g/mol. The summed E-state index contributed by atoms with van der Waals surface area (Å²) in [5, 5.41) is 9.44. The highest BCUT2D eigenvalue weighted by Crippen LogP contribution is 2.45. The van der Waals surface area contributed by atoms with Crippen LogP contribution < -0.4 is 0 Å². The Kier molecular flexibility index (Phi) is 4.53. The van der Waals surface area contributed by atoms with E-state index in [-0.39, 0.29) is 23.9 Å². The average molecular weight is 369 g/mol. The van der Waals surface area contributed by atoms with E-state index in [2.05, 4.69) is 0 Å². The standard InChI is InChI=1S/C19H22F3NO3/c1-18(2,12-4-3-5-13(8-12)19(20,21)22)17(26)23-9-14(11-6-7-11)15(10-23)16(24)25/h3-5,8,11,14-15H,6-7,9-10H2,1-2H3,(H,24,25)/t14-,15+/m1/s1. The second-order valence-corrected chi connectivity index (χ2v) is 7.86. The average Bonchev–Trinajstić information content (AvgIpc) is 3.31. The topological polar surface area (TPSA) is 57.6 Å². The van der Waals surface area contributed by atoms with Gasteiger partial charge in [0, 0.05) is 13.1 Å². The van der Waals surface area contributed by atoms with Gasteiger partial charge in [0.05, 0.1) is 16.9 Å². The van der Waals surface area contributed by atoms with Crippen molar-refractivity contribution in [1.29, 1.82) is 0 Å². The van der Waals surface area contributed by atoms with Gasteiger partial charge in [-0.05, 0) is 50.2 Å². The summed E-state index contributed by atoms with van der Waals surface area (Å²) in [6.07, 6.45) is -2.52. The van der Waals surface area contributed by atoms with Crippen LogP contribution in [0.15, 0.2) is 24.3 Å². The lowest BCUT2D eigenvalue weighted by atomic mass is 9.82. The number of alkyl halides is 3. The number of halogens is 3. The first kappa shape index (κ1) is 18.7. The Bertz CT molecular complexity index is 725. The van der Waals surface area contributed by atoms with Crippen LogP contribution in [0.4, 0.5) is 13.2 Å². The van der Waals surface area contributed by atoms with Crippen LogP contribution in [0.3, 0.4) is 0 Å². The maximum Gasteiger partial charge on any atom is 0.416 e. The number of carboxylic acids is 1. The lowest BCUT2D eigenvalue weighted by Gasteiger charge is -2.30. The number of hydrogen-bond acceptors (Lipinski definition) is 2. The molecule has 0 unspecified atom stereocenters. The van der Waals surface area contributed by atoms with Gasteiger partial charge >= 0.3 is 12.1 Å². The number of benzene rings is 1. The molecule has 1 aromatic rings. The van der Waals surface area contributed by atoms with Crippen molar-refractivity contribution in [2.75, 3.05) is 13.1 Å². The van der Waals surface area contributed by atoms with Crippen molar-refractivity contribution < 1.29 is 27.9 Å². The van der Waals surface area contributed by atoms with E-state index in [0.717, 1.165) is 25.0 Å². The fourth-order valence-corrected chi connectivity index (χ4v) is 3.86. The van der Waals surface area contributed by atoms with Gasteiger partial charge < -0.3 is 10.0 Å². The van der Waals surface area contributed by atoms with Gasteiger partial charge in [-0.1, -0.05) is 18.2 Å². The van der Waals surface area contributed by atoms with Crippen LogP contribution in [-0.4, -0.2) is 35.0 Å². The molecule has 3 rings (SSSR count). The first-order valence-electron chi connectivity index (χ1n) is 8.71. The molecule has 7 heteroatoms. The Hall–Kier alpha value is -2.05. The first-order chi connectivity index (χ1) is 12.0. The van der Waals surface area contributed by atoms with Crippen molar-refractivity contribution in [2.45, 2.75) is 38.3 Å². The summed E-state index contributed by atoms with van der Waals surface area (Å²) in [5.74, 6) is -1.55. The number of carbonyl (C=O) groups is 2. The zero-order valence-electron chi connectivity index (χ0n) is 14.7. The SMILES string of the molecule is CC(C)(C(=O)N1C[C@H](C(=O)O)[C@@H](C2CC2)C1)c1cccc(C(F)(F)F)c1. The van der Waals surface area contributed by atoms with E-state index in [1.165, 1.54) is 17.0 Å². The number of nitrogens with zero attached hydrogens (tertiary/aromatic N) is 1. The summed E-state index contributed by atoms with van der Waals surface area (Å²) in [7, 11) is 0. The van der Waals surface area contributed by atoms with Gasteiger partial charge in [0.15, 0.2) is 0 Å². The molecule has 1 saturated heterocycles. The Morgan fingerprint density at radius 1 is 1.12 bits per heavy atom. The van der Waals surface area contributed by atoms with Crippen molar-refractivity contribution in [2.24, 2.45) is 17.8 Å². The molecule has 0 spiro atoms. The molecular weight excluding hydrogens is 347 g/mol. The predicted molar refractivity (Wildman–Crippen MR) is 88.4 cm³/mol. The maximum absolute atomic E-state index is 13.0. The molecule has 1 N–H and O–H groups in total. The molecule has 1 aliphatic heterocycles. The molecule has 1 amide bonds. The summed E-state index contributed by atoms with van der Waals surface area (Å²) in [4.78, 5) is 26.1. The lowest BCUT2D eigenvalue weighted by molar-refractivity contribution is -0.143. The highest BCUT2D eigenvalue weighted by atomic mass is 19.4. The summed E-state index contributed by atoms with van der Waals surface area (Å²) < 4.78 is 39.0. The quantitative estimate of drug-likeness (QED) is 0.883. The van der Waals surface area contributed by atoms with Crippen LogP contribution in [0.25, 0.3) is 0 Å². The molecule has 0 aromatic heterocycles. The van der Waals surface area contributed by atoms with Gasteiger partial charge in [0.1, 0.15) is 0 Å². The van der Waals surface area contributed by atoms with Gasteiger partial charge in [0.2, 0.25) is 5.91 Å². The molecule has 142 valence electrons. The Morgan fingerprint density at radius 2 is 1.73 bits per heavy atom. The van der Waals surface area contributed by atoms with Gasteiger partial charge in [0.25, 0.3) is 0 Å². The van der Waals surface area contributed by atoms with E-state index < -0.39 is 29.0 Å². The van der Waals surface area contributed by atoms with E-state index in [1.807, 2.05) is 0 Å². The van der Waals surface area contributed by atoms with Crippen molar-refractivity contribution in [3.63, 3.8) is 0 Å². The molecule has 0 radical (unpaired) electrons. The molecule has 1 aliphatic carbocycles. The number of carbonyl (C=O) groups excluding carboxylic acids is 1. The van der Waals surface area contributed by atoms with Crippen molar-refractivity contribution in [3.05, 3.63) is 35.4 Å². The van der Waals surface area contributed by atoms with Crippen LogP contribution in [0.2, 0.25) is 0 Å². The normalized spacial score (nSPS) is 24.0. The van der Waals surface area contributed by atoms with Crippen molar-refractivity contribution >= 4 is 11.9 Å².